The molecule has 2 amide bonds. The van der Waals surface area contributed by atoms with Crippen LogP contribution in [-0.2, 0) is 38.3 Å². The summed E-state index contributed by atoms with van der Waals surface area (Å²) in [4.78, 5) is 81.3. The van der Waals surface area contributed by atoms with E-state index in [0.717, 1.165) is 43.6 Å². The van der Waals surface area contributed by atoms with Crippen LogP contribution in [0.2, 0.25) is 0 Å². The maximum absolute atomic E-state index is 11.5. The molecule has 0 bridgehead atoms. The Morgan fingerprint density at radius 3 is 1.04 bits per heavy atom. The molecule has 0 fully saturated rings. The minimum atomic E-state index is -0.776. The van der Waals surface area contributed by atoms with Crippen LogP contribution in [0.1, 0.15) is 392 Å². The van der Waals surface area contributed by atoms with Crippen LogP contribution in [0, 0.1) is 148 Å². The summed E-state index contributed by atoms with van der Waals surface area (Å²) in [6.45, 7) is 103. The molecule has 0 saturated carbocycles. The van der Waals surface area contributed by atoms with Gasteiger partial charge >= 0.3 is 0 Å². The van der Waals surface area contributed by atoms with Crippen molar-refractivity contribution < 1.29 is 63.8 Å². The molecule has 0 aliphatic carbocycles. The highest BCUT2D eigenvalue weighted by molar-refractivity contribution is 6.37. The highest BCUT2D eigenvalue weighted by Crippen LogP contribution is 2.24. The Hall–Kier alpha value is -3.25. The lowest BCUT2D eigenvalue weighted by molar-refractivity contribution is -0.139. The number of Topliss-reactive ketones (excluding diaryl/α,β-unsaturated/α-hetero) is 5. The fourth-order valence-electron chi connectivity index (χ4n) is 9.16. The van der Waals surface area contributed by atoms with Crippen molar-refractivity contribution in [2.45, 2.75) is 446 Å². The molecule has 0 spiro atoms. The molecule has 0 aliphatic heterocycles. The minimum Gasteiger partial charge on any atom is -0.393 e. The number of allylic oxidation sites excluding steroid dienone is 2. The second kappa shape index (κ2) is 79.4. The van der Waals surface area contributed by atoms with E-state index in [0.29, 0.717) is 121 Å². The second-order valence-electron chi connectivity index (χ2n) is 41.7. The molecule has 0 rings (SSSR count). The van der Waals surface area contributed by atoms with Crippen molar-refractivity contribution in [2.75, 3.05) is 20.2 Å². The van der Waals surface area contributed by atoms with E-state index in [2.05, 4.69) is 208 Å². The van der Waals surface area contributed by atoms with E-state index in [9.17, 15) is 59.1 Å². The van der Waals surface area contributed by atoms with Crippen LogP contribution in [0.5, 0.6) is 0 Å². The Bertz CT molecular complexity index is 2390. The van der Waals surface area contributed by atoms with Gasteiger partial charge in [0.2, 0.25) is 17.6 Å². The standard InChI is InChI=1S/C11H23NO2.2C11H22O2.C11H20O2.C11H24O.C10H22O.C10H20.2C9H19NO.C9H20O.CH4/c1-7(2)9(5)10(13)6-11(14)12-8(3)4;1-7(2)9(5)11(13)6-10(12)8(3)4;2*1-7(2)6-10(12)11(13)9(5)8(3)4;1-8(2)6-7-11(12)10(5)9(3)4;1-7(2)6-10(11)9(5)8(3)4;1-8(2)6-7-10(5)9(3)4;1-7(2)9(11)6-10(5)8(3)4;1-6(2)8(5)10-9(11)7(3)4;1-7(2)9(5)6-10-8(3)4;/h7-10,13H,6H2,1-5H3,(H,12,14);2*7-9,11,13H,6H2,1-5H3;7-9H,6H2,1-5H3;8-12H,6-7H2,1-5H3;7-11H,6H2,1-5H3;6-10H,1-5H3;7-8H,6H2,1-5H3;6-8H,1-5H3,(H,10,11);7-9H,6H2,1-5H3;1H4/b;;;;;;7-6+;;;;. The molecule has 720 valence electrons. The van der Waals surface area contributed by atoms with Crippen molar-refractivity contribution in [2.24, 2.45) is 148 Å². The van der Waals surface area contributed by atoms with Crippen molar-refractivity contribution in [3.8, 4) is 0 Å². The van der Waals surface area contributed by atoms with Crippen molar-refractivity contribution >= 4 is 40.7 Å². The summed E-state index contributed by atoms with van der Waals surface area (Å²) in [6, 6.07) is 0.881. The van der Waals surface area contributed by atoms with E-state index >= 15 is 0 Å². The van der Waals surface area contributed by atoms with Gasteiger partial charge in [0.25, 0.3) is 0 Å². The van der Waals surface area contributed by atoms with E-state index in [1.54, 1.807) is 0 Å². The summed E-state index contributed by atoms with van der Waals surface area (Å²) in [5.74, 6) is 10.2. The van der Waals surface area contributed by atoms with Gasteiger partial charge in [-0.05, 0) is 199 Å². The molecule has 119 heavy (non-hydrogen) atoms. The summed E-state index contributed by atoms with van der Waals surface area (Å²) in [7, 11) is 1.98. The van der Waals surface area contributed by atoms with Crippen molar-refractivity contribution in [3.63, 3.8) is 0 Å². The van der Waals surface area contributed by atoms with Crippen LogP contribution in [0.3, 0.4) is 0 Å². The van der Waals surface area contributed by atoms with Gasteiger partial charge in [-0.15, -0.1) is 0 Å². The van der Waals surface area contributed by atoms with E-state index in [-0.39, 0.29) is 126 Å². The lowest BCUT2D eigenvalue weighted by Gasteiger charge is -2.23. The number of rotatable bonds is 43. The third kappa shape index (κ3) is 89.4. The number of ketones is 5. The number of amides is 2. The van der Waals surface area contributed by atoms with Gasteiger partial charge in [0.05, 0.1) is 43.5 Å². The molecule has 14 atom stereocenters. The number of nitrogens with one attached hydrogen (secondary N) is 2. The molecule has 0 aromatic carbocycles. The lowest BCUT2D eigenvalue weighted by atomic mass is 9.88. The van der Waals surface area contributed by atoms with Crippen LogP contribution in [0.25, 0.3) is 0 Å². The van der Waals surface area contributed by atoms with Gasteiger partial charge in [-0.2, -0.15) is 0 Å². The minimum absolute atomic E-state index is 0. The zero-order valence-electron chi connectivity index (χ0n) is 87.6. The zero-order chi connectivity index (χ0) is 96.1. The molecular formula is C103H215N3O13. The predicted molar refractivity (Wildman–Crippen MR) is 519 cm³/mol. The Morgan fingerprint density at radius 1 is 0.361 bits per heavy atom. The van der Waals surface area contributed by atoms with Crippen molar-refractivity contribution in [1.82, 2.24) is 15.5 Å². The number of aliphatic hydroxyl groups is 5. The number of aliphatic hydroxyl groups excluding tert-OH is 5. The number of hydrogen-bond acceptors (Lipinski definition) is 14. The summed E-state index contributed by atoms with van der Waals surface area (Å²) in [5, 5.41) is 54.2. The molecule has 0 heterocycles. The molecule has 14 unspecified atom stereocenters. The Kier molecular flexibility index (Phi) is 92.7. The zero-order valence-corrected chi connectivity index (χ0v) is 87.6. The highest BCUT2D eigenvalue weighted by Gasteiger charge is 2.28. The Balaban J connectivity index is -0.000000121. The molecule has 16 nitrogen and oxygen atoms in total. The first kappa shape index (κ1) is 139. The summed E-state index contributed by atoms with van der Waals surface area (Å²) in [5.41, 5.74) is 0. The molecular weight excluding hydrogens is 1490 g/mol. The van der Waals surface area contributed by atoms with Crippen LogP contribution < -0.4 is 10.6 Å². The number of carbonyl (C=O) groups is 7. The van der Waals surface area contributed by atoms with Crippen LogP contribution in [0.15, 0.2) is 12.2 Å². The molecule has 0 aliphatic rings. The lowest BCUT2D eigenvalue weighted by Crippen LogP contribution is -2.38. The van der Waals surface area contributed by atoms with Crippen LogP contribution in [-0.4, -0.2) is 146 Å². The summed E-state index contributed by atoms with van der Waals surface area (Å²) < 4.78 is 5.46. The first-order valence-corrected chi connectivity index (χ1v) is 46.9. The predicted octanol–water partition coefficient (Wildman–Crippen LogP) is 24.5. The van der Waals surface area contributed by atoms with Gasteiger partial charge in [0, 0.05) is 67.7 Å². The molecule has 16 heteroatoms. The summed E-state index contributed by atoms with van der Waals surface area (Å²) >= 11 is 0. The van der Waals surface area contributed by atoms with Crippen molar-refractivity contribution in [1.29, 1.82) is 0 Å². The average molecular weight is 1700 g/mol. The monoisotopic (exact) mass is 1700 g/mol. The topological polar surface area (TPSA) is 257 Å². The molecule has 0 aromatic rings. The number of nitrogens with zero attached hydrogens (tertiary/aromatic N) is 1. The van der Waals surface area contributed by atoms with Gasteiger partial charge < -0.3 is 40.9 Å². The third-order valence-electron chi connectivity index (χ3n) is 22.6. The Labute approximate surface area is 742 Å². The normalized spacial score (nSPS) is 15.1. The highest BCUT2D eigenvalue weighted by atomic mass is 16.5. The smallest absolute Gasteiger partial charge is 0.222 e. The van der Waals surface area contributed by atoms with Gasteiger partial charge in [0.15, 0.2) is 11.6 Å². The second-order valence-corrected chi connectivity index (χ2v) is 41.7. The largest absolute Gasteiger partial charge is 0.393 e. The van der Waals surface area contributed by atoms with Gasteiger partial charge in [-0.1, -0.05) is 310 Å². The molecule has 0 radical (unpaired) electrons. The van der Waals surface area contributed by atoms with E-state index in [1.165, 1.54) is 0 Å². The average Bonchev–Trinajstić information content (AvgIpc) is 0.908. The molecule has 0 aromatic heterocycles. The Morgan fingerprint density at radius 2 is 0.748 bits per heavy atom. The maximum Gasteiger partial charge on any atom is 0.222 e. The number of ether oxygens (including phenoxy) is 1. The SMILES string of the molecule is C.CC(C)/C=C/C(C)C(C)C.CC(C)C(=O)CC(O)C(C)C(C)C.CC(C)C(=O)CN(C)C(C)C.CC(C)C(=O)NC(C)C(C)C.CC(C)CC(=O)C(=O)C(C)C(C)C.CC(C)CC(=O)C(O)C(C)C(C)C.CC(C)CC(O)C(C)C(C)C.CC(C)CCC(O)C(C)C(C)C.CC(C)NC(=O)CC(O)C(C)C(C)C.CC(C)OCC(C)C(C)C. The van der Waals surface area contributed by atoms with E-state index in [1.807, 2.05) is 166 Å². The summed E-state index contributed by atoms with van der Waals surface area (Å²) in [6.07, 6.45) is 7.37. The van der Waals surface area contributed by atoms with Crippen LogP contribution in [0.4, 0.5) is 0 Å². The van der Waals surface area contributed by atoms with E-state index < -0.39 is 18.3 Å². The number of carbonyl (C=O) groups excluding carboxylic acids is 7. The number of likely N-dealkylation sites (N-methyl/N-ethyl adjacent to an activating group) is 1. The number of hydrogen-bond donors (Lipinski definition) is 7. The molecule has 7 N–H and O–H groups in total. The first-order valence-electron chi connectivity index (χ1n) is 46.9. The maximum atomic E-state index is 11.5. The first-order chi connectivity index (χ1) is 53.3. The van der Waals surface area contributed by atoms with Gasteiger partial charge in [-0.25, -0.2) is 0 Å². The third-order valence-corrected chi connectivity index (χ3v) is 22.6. The van der Waals surface area contributed by atoms with Gasteiger partial charge in [-0.3, -0.25) is 38.5 Å². The van der Waals surface area contributed by atoms with Gasteiger partial charge in [0.1, 0.15) is 17.7 Å². The fraction of sp³-hybridized carbons (Fsp3) is 0.913. The van der Waals surface area contributed by atoms with Crippen molar-refractivity contribution in [3.05, 3.63) is 12.2 Å². The quantitative estimate of drug-likeness (QED) is 0.0221. The van der Waals surface area contributed by atoms with Crippen LogP contribution >= 0.6 is 0 Å². The fourth-order valence-corrected chi connectivity index (χ4v) is 9.16. The molecule has 0 saturated heterocycles. The van der Waals surface area contributed by atoms with E-state index in [4.69, 9.17) is 4.74 Å².